The van der Waals surface area contributed by atoms with Gasteiger partial charge in [-0.25, -0.2) is 8.42 Å². The molecule has 1 aromatic carbocycles. The minimum Gasteiger partial charge on any atom is -0.326 e. The lowest BCUT2D eigenvalue weighted by molar-refractivity contribution is 0.161. The van der Waals surface area contributed by atoms with E-state index in [2.05, 4.69) is 43.0 Å². The Kier molecular flexibility index (Phi) is 5.07. The summed E-state index contributed by atoms with van der Waals surface area (Å²) in [5.74, 6) is 0.548. The van der Waals surface area contributed by atoms with E-state index in [4.69, 9.17) is 5.73 Å². The first-order chi connectivity index (χ1) is 9.84. The van der Waals surface area contributed by atoms with Crippen molar-refractivity contribution in [2.45, 2.75) is 44.8 Å². The Labute approximate surface area is 128 Å². The molecule has 0 aliphatic carbocycles. The fourth-order valence-corrected chi connectivity index (χ4v) is 4.88. The third-order valence-electron chi connectivity index (χ3n) is 4.52. The molecule has 3 atom stereocenters. The number of likely N-dealkylation sites (N-methyl/N-ethyl adjacent to an activating group) is 1. The Morgan fingerprint density at radius 1 is 1.33 bits per heavy atom. The molecule has 1 aliphatic heterocycles. The van der Waals surface area contributed by atoms with Crippen molar-refractivity contribution in [3.63, 3.8) is 0 Å². The van der Waals surface area contributed by atoms with Crippen molar-refractivity contribution >= 4 is 9.84 Å². The quantitative estimate of drug-likeness (QED) is 0.902. The lowest BCUT2D eigenvalue weighted by Crippen LogP contribution is -2.44. The molecule has 2 rings (SSSR count). The van der Waals surface area contributed by atoms with Crippen LogP contribution < -0.4 is 5.73 Å². The van der Waals surface area contributed by atoms with Gasteiger partial charge in [-0.2, -0.15) is 0 Å². The van der Waals surface area contributed by atoms with Gasteiger partial charge in [-0.3, -0.25) is 4.90 Å². The van der Waals surface area contributed by atoms with Gasteiger partial charge in [0, 0.05) is 18.1 Å². The summed E-state index contributed by atoms with van der Waals surface area (Å²) in [5.41, 5.74) is 8.72. The zero-order chi connectivity index (χ0) is 15.6. The highest BCUT2D eigenvalue weighted by Gasteiger charge is 2.35. The van der Waals surface area contributed by atoms with Crippen LogP contribution in [0.4, 0.5) is 0 Å². The second kappa shape index (κ2) is 6.46. The van der Waals surface area contributed by atoms with E-state index >= 15 is 0 Å². The van der Waals surface area contributed by atoms with Gasteiger partial charge in [0.15, 0.2) is 9.84 Å². The average molecular weight is 310 g/mol. The Morgan fingerprint density at radius 2 is 1.95 bits per heavy atom. The number of rotatable bonds is 5. The molecule has 0 bridgehead atoms. The van der Waals surface area contributed by atoms with Gasteiger partial charge in [0.1, 0.15) is 0 Å². The smallest absolute Gasteiger partial charge is 0.151 e. The summed E-state index contributed by atoms with van der Waals surface area (Å²) in [7, 11) is -0.872. The van der Waals surface area contributed by atoms with Gasteiger partial charge in [0.05, 0.1) is 11.5 Å². The summed E-state index contributed by atoms with van der Waals surface area (Å²) in [6, 6.07) is 8.52. The van der Waals surface area contributed by atoms with Gasteiger partial charge < -0.3 is 5.73 Å². The van der Waals surface area contributed by atoms with E-state index in [1.165, 1.54) is 11.1 Å². The molecule has 0 spiro atoms. The lowest BCUT2D eigenvalue weighted by atomic mass is 9.94. The number of benzene rings is 1. The van der Waals surface area contributed by atoms with Crippen LogP contribution in [0.2, 0.25) is 0 Å². The minimum absolute atomic E-state index is 0.000935. The summed E-state index contributed by atoms with van der Waals surface area (Å²) in [5, 5.41) is 0. The maximum Gasteiger partial charge on any atom is 0.151 e. The van der Waals surface area contributed by atoms with Crippen molar-refractivity contribution in [2.75, 3.05) is 18.6 Å². The van der Waals surface area contributed by atoms with E-state index in [0.29, 0.717) is 12.2 Å². The van der Waals surface area contributed by atoms with Crippen molar-refractivity contribution in [1.82, 2.24) is 4.90 Å². The first-order valence-corrected chi connectivity index (χ1v) is 9.40. The van der Waals surface area contributed by atoms with Gasteiger partial charge >= 0.3 is 0 Å². The van der Waals surface area contributed by atoms with E-state index in [1.807, 2.05) is 7.05 Å². The Morgan fingerprint density at radius 3 is 2.43 bits per heavy atom. The molecule has 2 N–H and O–H groups in total. The predicted octanol–water partition coefficient (Wildman–Crippen LogP) is 1.89. The molecule has 1 saturated heterocycles. The lowest BCUT2D eigenvalue weighted by Gasteiger charge is -2.36. The van der Waals surface area contributed by atoms with Crippen LogP contribution >= 0.6 is 0 Å². The van der Waals surface area contributed by atoms with Crippen LogP contribution in [0.15, 0.2) is 24.3 Å². The number of nitrogens with zero attached hydrogens (tertiary/aromatic N) is 1. The van der Waals surface area contributed by atoms with Gasteiger partial charge in [-0.1, -0.05) is 36.8 Å². The number of aryl methyl sites for hydroxylation is 1. The molecule has 3 unspecified atom stereocenters. The van der Waals surface area contributed by atoms with Gasteiger partial charge in [0.2, 0.25) is 0 Å². The number of sulfone groups is 1. The monoisotopic (exact) mass is 310 g/mol. The predicted molar refractivity (Wildman–Crippen MR) is 87.0 cm³/mol. The van der Waals surface area contributed by atoms with Crippen LogP contribution in [0.3, 0.4) is 0 Å². The summed E-state index contributed by atoms with van der Waals surface area (Å²) < 4.78 is 23.5. The van der Waals surface area contributed by atoms with E-state index in [0.717, 1.165) is 6.42 Å². The molecule has 5 heteroatoms. The molecule has 21 heavy (non-hydrogen) atoms. The second-order valence-corrected chi connectivity index (χ2v) is 8.38. The molecule has 0 amide bonds. The third kappa shape index (κ3) is 3.84. The fourth-order valence-electron chi connectivity index (χ4n) is 3.09. The molecule has 4 nitrogen and oxygen atoms in total. The van der Waals surface area contributed by atoms with Crippen LogP contribution in [0.5, 0.6) is 0 Å². The summed E-state index contributed by atoms with van der Waals surface area (Å²) in [6.45, 7) is 4.14. The van der Waals surface area contributed by atoms with Gasteiger partial charge in [-0.05, 0) is 32.4 Å². The highest BCUT2D eigenvalue weighted by molar-refractivity contribution is 7.91. The zero-order valence-electron chi connectivity index (χ0n) is 13.1. The normalized spacial score (nSPS) is 24.1. The molecule has 0 radical (unpaired) electrons. The topological polar surface area (TPSA) is 63.4 Å². The van der Waals surface area contributed by atoms with Crippen molar-refractivity contribution in [3.05, 3.63) is 35.4 Å². The Balaban J connectivity index is 2.26. The van der Waals surface area contributed by atoms with Crippen LogP contribution in [0.1, 0.15) is 36.9 Å². The van der Waals surface area contributed by atoms with Crippen LogP contribution in [-0.4, -0.2) is 44.0 Å². The van der Waals surface area contributed by atoms with E-state index in [9.17, 15) is 8.42 Å². The summed E-state index contributed by atoms with van der Waals surface area (Å²) in [6.07, 6.45) is 1.57. The van der Waals surface area contributed by atoms with E-state index < -0.39 is 9.84 Å². The van der Waals surface area contributed by atoms with Crippen molar-refractivity contribution in [3.8, 4) is 0 Å². The Hall–Kier alpha value is -0.910. The maximum absolute atomic E-state index is 11.7. The second-order valence-electron chi connectivity index (χ2n) is 6.15. The average Bonchev–Trinajstić information content (AvgIpc) is 2.81. The van der Waals surface area contributed by atoms with E-state index in [-0.39, 0.29) is 23.9 Å². The molecule has 1 heterocycles. The Bertz CT molecular complexity index is 568. The van der Waals surface area contributed by atoms with Crippen LogP contribution in [0.25, 0.3) is 0 Å². The molecule has 1 aromatic rings. The fraction of sp³-hybridized carbons (Fsp3) is 0.625. The third-order valence-corrected chi connectivity index (χ3v) is 6.27. The zero-order valence-corrected chi connectivity index (χ0v) is 13.9. The van der Waals surface area contributed by atoms with Crippen LogP contribution in [-0.2, 0) is 9.84 Å². The first-order valence-electron chi connectivity index (χ1n) is 7.58. The largest absolute Gasteiger partial charge is 0.326 e. The summed E-state index contributed by atoms with van der Waals surface area (Å²) in [4.78, 5) is 2.17. The molecule has 0 aromatic heterocycles. The van der Waals surface area contributed by atoms with Gasteiger partial charge in [-0.15, -0.1) is 0 Å². The molecule has 1 fully saturated rings. The van der Waals surface area contributed by atoms with Crippen molar-refractivity contribution < 1.29 is 8.42 Å². The van der Waals surface area contributed by atoms with Crippen LogP contribution in [0, 0.1) is 6.92 Å². The number of hydrogen-bond acceptors (Lipinski definition) is 4. The highest BCUT2D eigenvalue weighted by Crippen LogP contribution is 2.29. The number of hydrogen-bond donors (Lipinski definition) is 1. The highest BCUT2D eigenvalue weighted by atomic mass is 32.2. The maximum atomic E-state index is 11.7. The molecule has 118 valence electrons. The summed E-state index contributed by atoms with van der Waals surface area (Å²) >= 11 is 0. The van der Waals surface area contributed by atoms with Crippen molar-refractivity contribution in [1.29, 1.82) is 0 Å². The standard InChI is InChI=1S/C16H26N2O2S/c1-4-15(17)16(13-7-5-12(2)6-8-13)18(3)14-9-10-21(19,20)11-14/h5-8,14-16H,4,9-11,17H2,1-3H3. The first kappa shape index (κ1) is 16.5. The van der Waals surface area contributed by atoms with Crippen molar-refractivity contribution in [2.24, 2.45) is 5.73 Å². The molecular formula is C16H26N2O2S. The minimum atomic E-state index is -2.88. The molecule has 0 saturated carbocycles. The SMILES string of the molecule is CCC(N)C(c1ccc(C)cc1)N(C)C1CCS(=O)(=O)C1. The van der Waals surface area contributed by atoms with Gasteiger partial charge in [0.25, 0.3) is 0 Å². The molecular weight excluding hydrogens is 284 g/mol. The molecule has 1 aliphatic rings. The van der Waals surface area contributed by atoms with E-state index in [1.54, 1.807) is 0 Å². The number of nitrogens with two attached hydrogens (primary N) is 1.